The number of aliphatic carboxylic acids is 1. The van der Waals surface area contributed by atoms with Gasteiger partial charge in [0.1, 0.15) is 0 Å². The number of carbonyl (C=O) groups is 1. The zero-order valence-corrected chi connectivity index (χ0v) is 19.0. The Balaban J connectivity index is 1.86. The Morgan fingerprint density at radius 3 is 1.41 bits per heavy atom. The highest BCUT2D eigenvalue weighted by atomic mass is 16.4. The second kappa shape index (κ2) is 18.6. The van der Waals surface area contributed by atoms with E-state index in [2.05, 4.69) is 6.92 Å². The first-order chi connectivity index (χ1) is 14.3. The fourth-order valence-corrected chi connectivity index (χ4v) is 4.08. The molecule has 1 rings (SSSR count). The van der Waals surface area contributed by atoms with Crippen LogP contribution < -0.4 is 4.57 Å². The molecule has 0 aliphatic rings. The smallest absolute Gasteiger partial charge is 0.373 e. The Labute approximate surface area is 179 Å². The minimum atomic E-state index is -0.724. The van der Waals surface area contributed by atoms with Crippen molar-refractivity contribution in [1.29, 1.82) is 0 Å². The number of carboxylic acids is 1. The molecule has 1 atom stereocenters. The van der Waals surface area contributed by atoms with Crippen LogP contribution in [0.3, 0.4) is 0 Å². The first-order valence-electron chi connectivity index (χ1n) is 12.4. The lowest BCUT2D eigenvalue weighted by Crippen LogP contribution is -2.43. The predicted molar refractivity (Wildman–Crippen MR) is 122 cm³/mol. The SMILES string of the molecule is CCCCCCCCCCCCCCCCCCCC(C(=O)O)[n+]1ccccc1. The maximum absolute atomic E-state index is 11.5. The van der Waals surface area contributed by atoms with E-state index >= 15 is 0 Å². The van der Waals surface area contributed by atoms with Crippen LogP contribution >= 0.6 is 0 Å². The van der Waals surface area contributed by atoms with Crippen molar-refractivity contribution in [3.05, 3.63) is 30.6 Å². The monoisotopic (exact) mass is 404 g/mol. The molecule has 0 aliphatic heterocycles. The average Bonchev–Trinajstić information content (AvgIpc) is 2.73. The molecule has 0 saturated heterocycles. The van der Waals surface area contributed by atoms with Crippen molar-refractivity contribution < 1.29 is 14.5 Å². The number of carboxylic acid groups (broad SMARTS) is 1. The highest BCUT2D eigenvalue weighted by Gasteiger charge is 2.25. The summed E-state index contributed by atoms with van der Waals surface area (Å²) in [6.07, 6.45) is 27.4. The molecule has 1 aromatic heterocycles. The molecule has 0 aromatic carbocycles. The molecular weight excluding hydrogens is 358 g/mol. The van der Waals surface area contributed by atoms with E-state index in [4.69, 9.17) is 0 Å². The first-order valence-corrected chi connectivity index (χ1v) is 12.4. The highest BCUT2D eigenvalue weighted by Crippen LogP contribution is 2.15. The predicted octanol–water partition coefficient (Wildman–Crippen LogP) is 7.64. The molecule has 0 saturated carbocycles. The van der Waals surface area contributed by atoms with E-state index in [0.29, 0.717) is 0 Å². The van der Waals surface area contributed by atoms with Gasteiger partial charge in [-0.25, -0.2) is 4.79 Å². The number of unbranched alkanes of at least 4 members (excludes halogenated alkanes) is 16. The van der Waals surface area contributed by atoms with E-state index in [1.54, 1.807) is 0 Å². The summed E-state index contributed by atoms with van der Waals surface area (Å²) in [5, 5.41) is 9.44. The number of aromatic nitrogens is 1. The quantitative estimate of drug-likeness (QED) is 0.179. The largest absolute Gasteiger partial charge is 0.476 e. The molecule has 0 fully saturated rings. The van der Waals surface area contributed by atoms with Gasteiger partial charge >= 0.3 is 5.97 Å². The molecule has 1 heterocycles. The lowest BCUT2D eigenvalue weighted by Gasteiger charge is -2.08. The Morgan fingerprint density at radius 2 is 1.03 bits per heavy atom. The van der Waals surface area contributed by atoms with Gasteiger partial charge in [-0.15, -0.1) is 0 Å². The Kier molecular flexibility index (Phi) is 16.5. The summed E-state index contributed by atoms with van der Waals surface area (Å²) in [5.41, 5.74) is 0. The fourth-order valence-electron chi connectivity index (χ4n) is 4.08. The van der Waals surface area contributed by atoms with Gasteiger partial charge in [0, 0.05) is 18.6 Å². The van der Waals surface area contributed by atoms with Crippen LogP contribution in [0, 0.1) is 0 Å². The summed E-state index contributed by atoms with van der Waals surface area (Å²) in [6.45, 7) is 2.28. The first kappa shape index (κ1) is 25.7. The van der Waals surface area contributed by atoms with Crippen LogP contribution in [0.4, 0.5) is 0 Å². The van der Waals surface area contributed by atoms with E-state index in [1.165, 1.54) is 96.3 Å². The lowest BCUT2D eigenvalue weighted by molar-refractivity contribution is -0.711. The Bertz CT molecular complexity index is 489. The maximum atomic E-state index is 11.5. The molecule has 1 aromatic rings. The highest BCUT2D eigenvalue weighted by molar-refractivity contribution is 5.69. The molecule has 0 aliphatic carbocycles. The van der Waals surface area contributed by atoms with Crippen LogP contribution in [0.5, 0.6) is 0 Å². The molecule has 0 radical (unpaired) electrons. The van der Waals surface area contributed by atoms with Crippen LogP contribution in [0.2, 0.25) is 0 Å². The Morgan fingerprint density at radius 1 is 0.655 bits per heavy atom. The summed E-state index contributed by atoms with van der Waals surface area (Å²) in [5.74, 6) is -0.724. The molecule has 0 amide bonds. The molecule has 0 spiro atoms. The van der Waals surface area contributed by atoms with Gasteiger partial charge in [0.15, 0.2) is 12.4 Å². The van der Waals surface area contributed by atoms with Crippen LogP contribution in [0.15, 0.2) is 30.6 Å². The van der Waals surface area contributed by atoms with E-state index < -0.39 is 12.0 Å². The third-order valence-corrected chi connectivity index (χ3v) is 5.96. The molecular formula is C26H46NO2+. The molecule has 3 nitrogen and oxygen atoms in total. The van der Waals surface area contributed by atoms with Crippen LogP contribution in [-0.4, -0.2) is 11.1 Å². The molecule has 0 bridgehead atoms. The summed E-state index contributed by atoms with van der Waals surface area (Å²) in [4.78, 5) is 11.5. The van der Waals surface area contributed by atoms with Gasteiger partial charge in [-0.2, -0.15) is 4.57 Å². The van der Waals surface area contributed by atoms with Gasteiger partial charge in [-0.05, 0) is 6.42 Å². The van der Waals surface area contributed by atoms with E-state index in [-0.39, 0.29) is 0 Å². The number of rotatable bonds is 20. The van der Waals surface area contributed by atoms with Crippen molar-refractivity contribution >= 4 is 5.97 Å². The third-order valence-electron chi connectivity index (χ3n) is 5.96. The van der Waals surface area contributed by atoms with Crippen LogP contribution in [0.25, 0.3) is 0 Å². The van der Waals surface area contributed by atoms with E-state index in [1.807, 2.05) is 35.2 Å². The van der Waals surface area contributed by atoms with Gasteiger partial charge in [0.2, 0.25) is 0 Å². The molecule has 166 valence electrons. The Hall–Kier alpha value is -1.38. The van der Waals surface area contributed by atoms with Gasteiger partial charge in [0.05, 0.1) is 0 Å². The van der Waals surface area contributed by atoms with Gasteiger partial charge < -0.3 is 5.11 Å². The van der Waals surface area contributed by atoms with Crippen molar-refractivity contribution in [2.24, 2.45) is 0 Å². The lowest BCUT2D eigenvalue weighted by atomic mass is 10.0. The van der Waals surface area contributed by atoms with E-state index in [9.17, 15) is 9.90 Å². The minimum Gasteiger partial charge on any atom is -0.476 e. The maximum Gasteiger partial charge on any atom is 0.373 e. The van der Waals surface area contributed by atoms with Gasteiger partial charge in [-0.1, -0.05) is 116 Å². The zero-order chi connectivity index (χ0) is 21.0. The summed E-state index contributed by atoms with van der Waals surface area (Å²) < 4.78 is 1.81. The summed E-state index contributed by atoms with van der Waals surface area (Å²) in [6, 6.07) is 5.28. The molecule has 29 heavy (non-hydrogen) atoms. The second-order valence-corrected chi connectivity index (χ2v) is 8.62. The fraction of sp³-hybridized carbons (Fsp3) is 0.769. The number of nitrogens with zero attached hydrogens (tertiary/aromatic N) is 1. The third kappa shape index (κ3) is 14.3. The van der Waals surface area contributed by atoms with E-state index in [0.717, 1.165) is 19.3 Å². The average molecular weight is 405 g/mol. The summed E-state index contributed by atoms with van der Waals surface area (Å²) >= 11 is 0. The van der Waals surface area contributed by atoms with Crippen LogP contribution in [0.1, 0.15) is 129 Å². The molecule has 1 N–H and O–H groups in total. The van der Waals surface area contributed by atoms with Gasteiger partial charge in [0.25, 0.3) is 6.04 Å². The topological polar surface area (TPSA) is 41.2 Å². The number of hydrogen-bond donors (Lipinski definition) is 1. The van der Waals surface area contributed by atoms with Crippen molar-refractivity contribution in [3.8, 4) is 0 Å². The standard InChI is InChI=1S/C26H45NO2/c1-2-3-4-5-6-7-8-9-10-11-12-13-14-15-16-17-19-22-25(26(28)29)27-23-20-18-21-24-27/h18,20-21,23-25H,2-17,19,22H2,1H3/p+1. The minimum absolute atomic E-state index is 0.424. The normalized spacial score (nSPS) is 12.2. The molecule has 3 heteroatoms. The summed E-state index contributed by atoms with van der Waals surface area (Å²) in [7, 11) is 0. The van der Waals surface area contributed by atoms with Crippen LogP contribution in [-0.2, 0) is 4.79 Å². The zero-order valence-electron chi connectivity index (χ0n) is 19.0. The van der Waals surface area contributed by atoms with Crippen molar-refractivity contribution in [3.63, 3.8) is 0 Å². The number of pyridine rings is 1. The molecule has 1 unspecified atom stereocenters. The van der Waals surface area contributed by atoms with Gasteiger partial charge in [-0.3, -0.25) is 0 Å². The van der Waals surface area contributed by atoms with Crippen molar-refractivity contribution in [2.45, 2.75) is 129 Å². The van der Waals surface area contributed by atoms with Crippen molar-refractivity contribution in [2.75, 3.05) is 0 Å². The van der Waals surface area contributed by atoms with Crippen molar-refractivity contribution in [1.82, 2.24) is 0 Å². The number of hydrogen-bond acceptors (Lipinski definition) is 1. The second-order valence-electron chi connectivity index (χ2n) is 8.62.